The van der Waals surface area contributed by atoms with E-state index < -0.39 is 10.9 Å². The predicted molar refractivity (Wildman–Crippen MR) is 73.0 cm³/mol. The lowest BCUT2D eigenvalue weighted by Crippen LogP contribution is -1.95. The molecule has 0 aliphatic rings. The molecule has 0 radical (unpaired) electrons. The first-order chi connectivity index (χ1) is 9.04. The normalized spacial score (nSPS) is 10.8. The first-order valence-electron chi connectivity index (χ1n) is 6.23. The van der Waals surface area contributed by atoms with Crippen LogP contribution in [0.1, 0.15) is 37.3 Å². The molecule has 1 rings (SSSR count). The van der Waals surface area contributed by atoms with Crippen molar-refractivity contribution in [2.45, 2.75) is 32.6 Å². The molecular weight excluding hydrogens is 246 g/mol. The molecule has 1 aromatic carbocycles. The molecule has 0 unspecified atom stereocenters. The Morgan fingerprint density at radius 1 is 1.42 bits per heavy atom. The minimum absolute atomic E-state index is 0.0407. The predicted octanol–water partition coefficient (Wildman–Crippen LogP) is 3.43. The molecule has 0 saturated heterocycles. The number of carboxylic acids is 1. The third kappa shape index (κ3) is 4.91. The van der Waals surface area contributed by atoms with E-state index in [1.165, 1.54) is 18.2 Å². The van der Waals surface area contributed by atoms with Crippen molar-refractivity contribution in [1.29, 1.82) is 0 Å². The van der Waals surface area contributed by atoms with Gasteiger partial charge in [0.2, 0.25) is 0 Å². The third-order valence-electron chi connectivity index (χ3n) is 2.79. The van der Waals surface area contributed by atoms with Crippen LogP contribution >= 0.6 is 0 Å². The number of aliphatic carboxylic acids is 1. The van der Waals surface area contributed by atoms with Crippen LogP contribution in [0.2, 0.25) is 0 Å². The summed E-state index contributed by atoms with van der Waals surface area (Å²) in [5.41, 5.74) is 1.59. The maximum absolute atomic E-state index is 10.8. The molecule has 102 valence electrons. The van der Waals surface area contributed by atoms with E-state index in [2.05, 4.69) is 6.92 Å². The largest absolute Gasteiger partial charge is 0.478 e. The number of hydrogen-bond donors (Lipinski definition) is 1. The molecule has 0 amide bonds. The van der Waals surface area contributed by atoms with Gasteiger partial charge in [-0.1, -0.05) is 19.8 Å². The minimum Gasteiger partial charge on any atom is -0.478 e. The van der Waals surface area contributed by atoms with E-state index >= 15 is 0 Å². The zero-order valence-corrected chi connectivity index (χ0v) is 10.8. The fourth-order valence-corrected chi connectivity index (χ4v) is 1.81. The van der Waals surface area contributed by atoms with E-state index in [4.69, 9.17) is 5.11 Å². The number of nitrogens with zero attached hydrogens (tertiary/aromatic N) is 1. The molecule has 0 heterocycles. The van der Waals surface area contributed by atoms with Gasteiger partial charge in [-0.3, -0.25) is 10.1 Å². The molecule has 0 atom stereocenters. The van der Waals surface area contributed by atoms with E-state index in [1.54, 1.807) is 6.07 Å². The van der Waals surface area contributed by atoms with Crippen LogP contribution in [0.15, 0.2) is 24.3 Å². The zero-order chi connectivity index (χ0) is 14.3. The van der Waals surface area contributed by atoms with Crippen molar-refractivity contribution >= 4 is 17.7 Å². The second kappa shape index (κ2) is 7.31. The molecule has 0 saturated carbocycles. The van der Waals surface area contributed by atoms with E-state index in [-0.39, 0.29) is 5.69 Å². The highest BCUT2D eigenvalue weighted by atomic mass is 16.6. The third-order valence-corrected chi connectivity index (χ3v) is 2.79. The van der Waals surface area contributed by atoms with Crippen LogP contribution in [0, 0.1) is 10.1 Å². The topological polar surface area (TPSA) is 80.4 Å². The number of nitro benzene ring substituents is 1. The van der Waals surface area contributed by atoms with Crippen LogP contribution in [-0.4, -0.2) is 16.0 Å². The van der Waals surface area contributed by atoms with E-state index in [0.29, 0.717) is 0 Å². The van der Waals surface area contributed by atoms with Crippen molar-refractivity contribution in [1.82, 2.24) is 0 Å². The van der Waals surface area contributed by atoms with Crippen LogP contribution in [0.3, 0.4) is 0 Å². The lowest BCUT2D eigenvalue weighted by atomic mass is 10.00. The molecule has 5 heteroatoms. The van der Waals surface area contributed by atoms with Gasteiger partial charge in [0.15, 0.2) is 0 Å². The maximum atomic E-state index is 10.8. The van der Waals surface area contributed by atoms with Crippen LogP contribution in [0.5, 0.6) is 0 Å². The lowest BCUT2D eigenvalue weighted by molar-refractivity contribution is -0.384. The smallest absolute Gasteiger partial charge is 0.328 e. The fourth-order valence-electron chi connectivity index (χ4n) is 1.81. The average Bonchev–Trinajstić information content (AvgIpc) is 2.37. The van der Waals surface area contributed by atoms with Crippen molar-refractivity contribution in [3.8, 4) is 0 Å². The summed E-state index contributed by atoms with van der Waals surface area (Å²) in [6.45, 7) is 2.08. The Bertz CT molecular complexity index is 494. The molecule has 19 heavy (non-hydrogen) atoms. The number of aryl methyl sites for hydroxylation is 1. The van der Waals surface area contributed by atoms with E-state index in [0.717, 1.165) is 42.9 Å². The summed E-state index contributed by atoms with van der Waals surface area (Å²) in [6, 6.07) is 4.51. The second-order valence-electron chi connectivity index (χ2n) is 4.27. The van der Waals surface area contributed by atoms with Gasteiger partial charge in [-0.25, -0.2) is 4.79 Å². The summed E-state index contributed by atoms with van der Waals surface area (Å²) in [5, 5.41) is 19.4. The summed E-state index contributed by atoms with van der Waals surface area (Å²) in [6.07, 6.45) is 6.29. The van der Waals surface area contributed by atoms with Crippen LogP contribution in [0.25, 0.3) is 6.08 Å². The maximum Gasteiger partial charge on any atom is 0.328 e. The Hall–Kier alpha value is -2.17. The Morgan fingerprint density at radius 2 is 2.16 bits per heavy atom. The van der Waals surface area contributed by atoms with Crippen molar-refractivity contribution in [3.63, 3.8) is 0 Å². The van der Waals surface area contributed by atoms with Gasteiger partial charge >= 0.3 is 5.97 Å². The standard InChI is InChI=1S/C14H17NO4/c1-2-3-4-5-12-10-13(15(18)19)8-6-11(12)7-9-14(16)17/h6-10H,2-5H2,1H3,(H,16,17). The van der Waals surface area contributed by atoms with Crippen LogP contribution in [0.4, 0.5) is 5.69 Å². The van der Waals surface area contributed by atoms with Crippen molar-refractivity contribution in [3.05, 3.63) is 45.5 Å². The number of hydrogen-bond acceptors (Lipinski definition) is 3. The summed E-state index contributed by atoms with van der Waals surface area (Å²) < 4.78 is 0. The Labute approximate surface area is 111 Å². The Balaban J connectivity index is 3.00. The van der Waals surface area contributed by atoms with Gasteiger partial charge in [0, 0.05) is 18.2 Å². The number of nitro groups is 1. The van der Waals surface area contributed by atoms with Crippen molar-refractivity contribution < 1.29 is 14.8 Å². The highest BCUT2D eigenvalue weighted by molar-refractivity contribution is 5.85. The first kappa shape index (κ1) is 14.9. The zero-order valence-electron chi connectivity index (χ0n) is 10.8. The SMILES string of the molecule is CCCCCc1cc([N+](=O)[O-])ccc1C=CC(=O)O. The quantitative estimate of drug-likeness (QED) is 0.353. The summed E-state index contributed by atoms with van der Waals surface area (Å²) in [7, 11) is 0. The van der Waals surface area contributed by atoms with Gasteiger partial charge in [-0.05, 0) is 36.1 Å². The highest BCUT2D eigenvalue weighted by Gasteiger charge is 2.09. The van der Waals surface area contributed by atoms with Crippen molar-refractivity contribution in [2.75, 3.05) is 0 Å². The monoisotopic (exact) mass is 263 g/mol. The van der Waals surface area contributed by atoms with Gasteiger partial charge in [0.1, 0.15) is 0 Å². The molecule has 5 nitrogen and oxygen atoms in total. The number of unbranched alkanes of at least 4 members (excludes halogenated alkanes) is 2. The highest BCUT2D eigenvalue weighted by Crippen LogP contribution is 2.21. The van der Waals surface area contributed by atoms with Gasteiger partial charge in [0.05, 0.1) is 4.92 Å². The second-order valence-corrected chi connectivity index (χ2v) is 4.27. The molecule has 0 spiro atoms. The van der Waals surface area contributed by atoms with E-state index in [9.17, 15) is 14.9 Å². The van der Waals surface area contributed by atoms with Crippen LogP contribution in [-0.2, 0) is 11.2 Å². The molecule has 0 bridgehead atoms. The summed E-state index contributed by atoms with van der Waals surface area (Å²) >= 11 is 0. The lowest BCUT2D eigenvalue weighted by Gasteiger charge is -2.05. The number of carbonyl (C=O) groups is 1. The van der Waals surface area contributed by atoms with Gasteiger partial charge < -0.3 is 5.11 Å². The molecule has 1 aromatic rings. The molecular formula is C14H17NO4. The Kier molecular flexibility index (Phi) is 5.73. The average molecular weight is 263 g/mol. The number of non-ortho nitro benzene ring substituents is 1. The van der Waals surface area contributed by atoms with Gasteiger partial charge in [0.25, 0.3) is 5.69 Å². The van der Waals surface area contributed by atoms with Gasteiger partial charge in [-0.2, -0.15) is 0 Å². The fraction of sp³-hybridized carbons (Fsp3) is 0.357. The molecule has 0 aliphatic heterocycles. The number of rotatable bonds is 7. The number of carboxylic acid groups (broad SMARTS) is 1. The molecule has 0 fully saturated rings. The summed E-state index contributed by atoms with van der Waals surface area (Å²) in [4.78, 5) is 20.8. The number of benzene rings is 1. The van der Waals surface area contributed by atoms with Crippen LogP contribution < -0.4 is 0 Å². The first-order valence-corrected chi connectivity index (χ1v) is 6.23. The molecule has 1 N–H and O–H groups in total. The van der Waals surface area contributed by atoms with E-state index in [1.807, 2.05) is 0 Å². The summed E-state index contributed by atoms with van der Waals surface area (Å²) in [5.74, 6) is -1.03. The van der Waals surface area contributed by atoms with Gasteiger partial charge in [-0.15, -0.1) is 0 Å². The molecule has 0 aliphatic carbocycles. The van der Waals surface area contributed by atoms with Crippen molar-refractivity contribution in [2.24, 2.45) is 0 Å². The minimum atomic E-state index is -1.03. The Morgan fingerprint density at radius 3 is 2.74 bits per heavy atom. The molecule has 0 aromatic heterocycles.